The highest BCUT2D eigenvalue weighted by Crippen LogP contribution is 2.22. The number of nitrogens with one attached hydrogen (secondary N) is 2. The van der Waals surface area contributed by atoms with Crippen molar-refractivity contribution in [1.29, 1.82) is 0 Å². The van der Waals surface area contributed by atoms with E-state index in [0.717, 1.165) is 0 Å². The van der Waals surface area contributed by atoms with Gasteiger partial charge in [-0.15, -0.1) is 0 Å². The van der Waals surface area contributed by atoms with Crippen LogP contribution in [0.3, 0.4) is 0 Å². The van der Waals surface area contributed by atoms with E-state index in [0.29, 0.717) is 12.3 Å². The highest BCUT2D eigenvalue weighted by molar-refractivity contribution is 6.33. The lowest BCUT2D eigenvalue weighted by Crippen LogP contribution is -2.47. The molecule has 1 aliphatic heterocycles. The lowest BCUT2D eigenvalue weighted by atomic mass is 10.0. The topological polar surface area (TPSA) is 142 Å². The van der Waals surface area contributed by atoms with E-state index in [1.54, 1.807) is 26.8 Å². The maximum absolute atomic E-state index is 13.2. The Hall–Kier alpha value is -3.37. The zero-order valence-electron chi connectivity index (χ0n) is 19.0. The van der Waals surface area contributed by atoms with Gasteiger partial charge in [0.1, 0.15) is 17.8 Å². The fourth-order valence-corrected chi connectivity index (χ4v) is 3.86. The van der Waals surface area contributed by atoms with E-state index in [4.69, 9.17) is 26.8 Å². The summed E-state index contributed by atoms with van der Waals surface area (Å²) >= 11 is 5.98. The zero-order valence-corrected chi connectivity index (χ0v) is 19.8. The molecule has 3 rings (SSSR count). The summed E-state index contributed by atoms with van der Waals surface area (Å²) in [4.78, 5) is 50.7. The van der Waals surface area contributed by atoms with Gasteiger partial charge in [-0.25, -0.2) is 0 Å². The standard InChI is InChI=1S/C23H27ClN4O6/c1-4-33-23-17(11-18(29)34-23)27-21(31)19(12(2)3)28-9-5-6-16(22(28)32)26-20(30)13-7-8-15(25)14(24)10-13/h5-10,12,17,19,23H,4,11,25H2,1-3H3,(H,26,30)(H,27,31)/t17-,19-,23-/m0/s1. The molecule has 11 heteroatoms. The number of amides is 2. The van der Waals surface area contributed by atoms with Gasteiger partial charge in [0, 0.05) is 18.4 Å². The molecule has 0 radical (unpaired) electrons. The van der Waals surface area contributed by atoms with E-state index in [2.05, 4.69) is 10.6 Å². The molecule has 0 spiro atoms. The molecule has 1 aliphatic rings. The van der Waals surface area contributed by atoms with Crippen LogP contribution in [0.2, 0.25) is 5.02 Å². The second-order valence-corrected chi connectivity index (χ2v) is 8.55. The molecule has 1 fully saturated rings. The van der Waals surface area contributed by atoms with Gasteiger partial charge in [-0.05, 0) is 43.2 Å². The van der Waals surface area contributed by atoms with Gasteiger partial charge >= 0.3 is 5.97 Å². The number of nitrogens with two attached hydrogens (primary N) is 1. The summed E-state index contributed by atoms with van der Waals surface area (Å²) in [6.07, 6.45) is 0.554. The summed E-state index contributed by atoms with van der Waals surface area (Å²) in [7, 11) is 0. The van der Waals surface area contributed by atoms with Gasteiger partial charge in [0.05, 0.1) is 17.1 Å². The van der Waals surface area contributed by atoms with E-state index in [1.165, 1.54) is 35.0 Å². The molecule has 0 aliphatic carbocycles. The normalized spacial score (nSPS) is 18.4. The van der Waals surface area contributed by atoms with Crippen molar-refractivity contribution in [2.45, 2.75) is 45.6 Å². The molecule has 182 valence electrons. The molecular weight excluding hydrogens is 464 g/mol. The molecule has 0 saturated carbocycles. The molecule has 1 aromatic heterocycles. The van der Waals surface area contributed by atoms with E-state index in [-0.39, 0.29) is 28.6 Å². The number of pyridine rings is 1. The van der Waals surface area contributed by atoms with E-state index in [1.807, 2.05) is 0 Å². The maximum Gasteiger partial charge on any atom is 0.310 e. The van der Waals surface area contributed by atoms with Crippen molar-refractivity contribution in [1.82, 2.24) is 9.88 Å². The zero-order chi connectivity index (χ0) is 25.0. The highest BCUT2D eigenvalue weighted by atomic mass is 35.5. The van der Waals surface area contributed by atoms with Gasteiger partial charge < -0.3 is 30.4 Å². The van der Waals surface area contributed by atoms with Gasteiger partial charge in [-0.1, -0.05) is 25.4 Å². The number of hydrogen-bond acceptors (Lipinski definition) is 7. The van der Waals surface area contributed by atoms with Crippen LogP contribution >= 0.6 is 11.6 Å². The Balaban J connectivity index is 1.83. The lowest BCUT2D eigenvalue weighted by molar-refractivity contribution is -0.164. The third-order valence-electron chi connectivity index (χ3n) is 5.31. The summed E-state index contributed by atoms with van der Waals surface area (Å²) in [5.74, 6) is -1.79. The van der Waals surface area contributed by atoms with Gasteiger partial charge in [-0.2, -0.15) is 0 Å². The van der Waals surface area contributed by atoms with Gasteiger partial charge in [0.2, 0.25) is 12.2 Å². The third-order valence-corrected chi connectivity index (χ3v) is 5.63. The summed E-state index contributed by atoms with van der Waals surface area (Å²) in [5.41, 5.74) is 5.65. The van der Waals surface area contributed by atoms with Crippen molar-refractivity contribution in [2.24, 2.45) is 5.92 Å². The number of cyclic esters (lactones) is 1. The number of nitrogen functional groups attached to an aromatic ring is 1. The number of benzene rings is 1. The minimum Gasteiger partial charge on any atom is -0.433 e. The van der Waals surface area contributed by atoms with Crippen molar-refractivity contribution in [3.8, 4) is 0 Å². The minimum absolute atomic E-state index is 0.00883. The monoisotopic (exact) mass is 490 g/mol. The van der Waals surface area contributed by atoms with Gasteiger partial charge in [0.25, 0.3) is 11.5 Å². The second kappa shape index (κ2) is 10.7. The van der Waals surface area contributed by atoms with Crippen LogP contribution in [-0.2, 0) is 19.1 Å². The average Bonchev–Trinajstić information content (AvgIpc) is 3.11. The van der Waals surface area contributed by atoms with Crippen LogP contribution in [0.1, 0.15) is 43.6 Å². The summed E-state index contributed by atoms with van der Waals surface area (Å²) < 4.78 is 11.7. The van der Waals surface area contributed by atoms with Crippen LogP contribution in [-0.4, -0.2) is 41.3 Å². The number of rotatable bonds is 8. The molecule has 1 aromatic carbocycles. The SMILES string of the molecule is CCO[C@H]1OC(=O)C[C@@H]1NC(=O)[C@H](C(C)C)n1cccc(NC(=O)c2ccc(N)c(Cl)c2)c1=O. The first-order valence-electron chi connectivity index (χ1n) is 10.8. The number of anilines is 2. The number of nitrogens with zero attached hydrogens (tertiary/aromatic N) is 1. The second-order valence-electron chi connectivity index (χ2n) is 8.15. The van der Waals surface area contributed by atoms with Crippen molar-refractivity contribution in [3.63, 3.8) is 0 Å². The van der Waals surface area contributed by atoms with Crippen LogP contribution in [0.15, 0.2) is 41.3 Å². The number of halogens is 1. The lowest BCUT2D eigenvalue weighted by Gasteiger charge is -2.26. The first kappa shape index (κ1) is 25.3. The number of hydrogen-bond donors (Lipinski definition) is 3. The number of carbonyl (C=O) groups is 3. The molecule has 34 heavy (non-hydrogen) atoms. The van der Waals surface area contributed by atoms with Crippen molar-refractivity contribution in [2.75, 3.05) is 17.7 Å². The fraction of sp³-hybridized carbons (Fsp3) is 0.391. The minimum atomic E-state index is -0.909. The van der Waals surface area contributed by atoms with Crippen LogP contribution in [0, 0.1) is 5.92 Å². The maximum atomic E-state index is 13.2. The largest absolute Gasteiger partial charge is 0.433 e. The van der Waals surface area contributed by atoms with Gasteiger partial charge in [-0.3, -0.25) is 19.2 Å². The van der Waals surface area contributed by atoms with Crippen molar-refractivity contribution in [3.05, 3.63) is 57.5 Å². The molecule has 10 nitrogen and oxygen atoms in total. The molecule has 0 bridgehead atoms. The number of esters is 1. The quantitative estimate of drug-likeness (QED) is 0.380. The Morgan fingerprint density at radius 1 is 1.29 bits per heavy atom. The number of aromatic nitrogens is 1. The summed E-state index contributed by atoms with van der Waals surface area (Å²) in [5, 5.41) is 5.54. The smallest absolute Gasteiger partial charge is 0.310 e. The Morgan fingerprint density at radius 3 is 2.68 bits per heavy atom. The van der Waals surface area contributed by atoms with E-state index in [9.17, 15) is 19.2 Å². The van der Waals surface area contributed by atoms with E-state index >= 15 is 0 Å². The van der Waals surface area contributed by atoms with E-state index < -0.39 is 41.7 Å². The Bertz CT molecular complexity index is 1150. The summed E-state index contributed by atoms with van der Waals surface area (Å²) in [6.45, 7) is 5.63. The predicted octanol–water partition coefficient (Wildman–Crippen LogP) is 2.33. The molecule has 1 saturated heterocycles. The van der Waals surface area contributed by atoms with Crippen molar-refractivity contribution < 1.29 is 23.9 Å². The molecular formula is C23H27ClN4O6. The van der Waals surface area contributed by atoms with Crippen LogP contribution < -0.4 is 21.9 Å². The first-order chi connectivity index (χ1) is 16.1. The van der Waals surface area contributed by atoms with Crippen LogP contribution in [0.4, 0.5) is 11.4 Å². The molecule has 2 amide bonds. The molecule has 3 atom stereocenters. The number of carbonyl (C=O) groups excluding carboxylic acids is 3. The number of ether oxygens (including phenoxy) is 2. The molecule has 0 unspecified atom stereocenters. The summed E-state index contributed by atoms with van der Waals surface area (Å²) in [6, 6.07) is 5.80. The third kappa shape index (κ3) is 5.57. The van der Waals surface area contributed by atoms with Gasteiger partial charge in [0.15, 0.2) is 0 Å². The molecule has 2 heterocycles. The average molecular weight is 491 g/mol. The first-order valence-corrected chi connectivity index (χ1v) is 11.2. The highest BCUT2D eigenvalue weighted by Gasteiger charge is 2.38. The Labute approximate surface area is 201 Å². The van der Waals surface area contributed by atoms with Crippen LogP contribution in [0.25, 0.3) is 0 Å². The predicted molar refractivity (Wildman–Crippen MR) is 126 cm³/mol. The fourth-order valence-electron chi connectivity index (χ4n) is 3.67. The Morgan fingerprint density at radius 2 is 2.03 bits per heavy atom. The Kier molecular flexibility index (Phi) is 7.95. The molecule has 2 aromatic rings. The molecule has 4 N–H and O–H groups in total. The van der Waals surface area contributed by atoms with Crippen molar-refractivity contribution >= 4 is 40.8 Å². The van der Waals surface area contributed by atoms with Crippen LogP contribution in [0.5, 0.6) is 0 Å².